The molecule has 2 aliphatic heterocycles. The molecule has 1 aromatic carbocycles. The third-order valence-electron chi connectivity index (χ3n) is 6.81. The van der Waals surface area contributed by atoms with Crippen LogP contribution in [0.15, 0.2) is 18.2 Å². The largest absolute Gasteiger partial charge is 0.388 e. The van der Waals surface area contributed by atoms with E-state index in [0.29, 0.717) is 34.7 Å². The molecule has 5 nitrogen and oxygen atoms in total. The van der Waals surface area contributed by atoms with Gasteiger partial charge in [0, 0.05) is 36.8 Å². The first-order valence-electron chi connectivity index (χ1n) is 11.4. The van der Waals surface area contributed by atoms with Crippen LogP contribution in [0, 0.1) is 18.2 Å². The molecule has 2 bridgehead atoms. The van der Waals surface area contributed by atoms with Crippen LogP contribution in [-0.2, 0) is 11.3 Å². The van der Waals surface area contributed by atoms with E-state index in [0.717, 1.165) is 38.2 Å². The van der Waals surface area contributed by atoms with Gasteiger partial charge in [-0.05, 0) is 44.4 Å². The van der Waals surface area contributed by atoms with Crippen LogP contribution in [0.2, 0.25) is 0 Å². The van der Waals surface area contributed by atoms with Gasteiger partial charge in [-0.3, -0.25) is 4.79 Å². The van der Waals surface area contributed by atoms with Gasteiger partial charge in [-0.1, -0.05) is 25.1 Å². The van der Waals surface area contributed by atoms with E-state index in [-0.39, 0.29) is 23.3 Å². The lowest BCUT2D eigenvalue weighted by Gasteiger charge is -2.37. The number of hydrogen-bond acceptors (Lipinski definition) is 5. The molecule has 1 aromatic heterocycles. The summed E-state index contributed by atoms with van der Waals surface area (Å²) in [5.41, 5.74) is -0.319. The molecule has 3 heterocycles. The first-order chi connectivity index (χ1) is 15.7. The Morgan fingerprint density at radius 2 is 1.97 bits per heavy atom. The number of anilines is 1. The summed E-state index contributed by atoms with van der Waals surface area (Å²) in [6, 6.07) is 4.27. The third-order valence-corrected chi connectivity index (χ3v) is 6.81. The molecule has 0 spiro atoms. The fraction of sp³-hybridized carbons (Fsp3) is 0.480. The maximum absolute atomic E-state index is 14.5. The van der Waals surface area contributed by atoms with E-state index in [1.165, 1.54) is 12.1 Å². The van der Waals surface area contributed by atoms with E-state index < -0.39 is 17.8 Å². The fourth-order valence-electron chi connectivity index (χ4n) is 4.66. The average molecular weight is 459 g/mol. The van der Waals surface area contributed by atoms with Crippen molar-refractivity contribution in [2.24, 2.45) is 5.41 Å². The van der Waals surface area contributed by atoms with Crippen molar-refractivity contribution >= 4 is 23.9 Å². The average Bonchev–Trinajstić information content (AvgIpc) is 2.76. The topological polar surface area (TPSA) is 66.9 Å². The Kier molecular flexibility index (Phi) is 6.72. The Hall–Kier alpha value is -2.90. The van der Waals surface area contributed by atoms with Gasteiger partial charge in [0.1, 0.15) is 17.5 Å². The van der Waals surface area contributed by atoms with Gasteiger partial charge >= 0.3 is 0 Å². The molecular weight excluding hydrogens is 429 g/mol. The number of rotatable bonds is 4. The minimum atomic E-state index is -2.89. The van der Waals surface area contributed by atoms with Gasteiger partial charge in [0.2, 0.25) is 0 Å². The van der Waals surface area contributed by atoms with Crippen molar-refractivity contribution in [2.45, 2.75) is 71.4 Å². The Morgan fingerprint density at radius 1 is 1.21 bits per heavy atom. The summed E-state index contributed by atoms with van der Waals surface area (Å²) < 4.78 is 40.6. The highest BCUT2D eigenvalue weighted by Crippen LogP contribution is 2.39. The normalized spacial score (nSPS) is 25.0. The number of aryl methyl sites for hydroxylation is 1. The second-order valence-electron chi connectivity index (χ2n) is 9.40. The van der Waals surface area contributed by atoms with Crippen LogP contribution in [0.25, 0.3) is 12.3 Å². The van der Waals surface area contributed by atoms with Crippen LogP contribution < -0.4 is 21.2 Å². The van der Waals surface area contributed by atoms with Gasteiger partial charge in [-0.25, -0.2) is 23.1 Å². The quantitative estimate of drug-likeness (QED) is 0.728. The van der Waals surface area contributed by atoms with Crippen molar-refractivity contribution in [1.82, 2.24) is 15.3 Å². The molecule has 0 amide bonds. The highest BCUT2D eigenvalue weighted by atomic mass is 19.3. The summed E-state index contributed by atoms with van der Waals surface area (Å²) in [4.78, 5) is 21.7. The SMILES string of the molecule is Cc1nc(NCc2cccc(C(F)F)c2F)c2/c(n1)=C\C(=O)CCC1(C)CCC(CC1)N/C=2. The number of hydrogen-bond donors (Lipinski definition) is 2. The maximum Gasteiger partial charge on any atom is 0.266 e. The summed E-state index contributed by atoms with van der Waals surface area (Å²) >= 11 is 0. The molecule has 0 atom stereocenters. The lowest BCUT2D eigenvalue weighted by atomic mass is 9.71. The molecule has 0 radical (unpaired) electrons. The number of ketones is 1. The third kappa shape index (κ3) is 5.37. The molecule has 2 aromatic rings. The number of alkyl halides is 2. The number of nitrogens with one attached hydrogen (secondary N) is 2. The van der Waals surface area contributed by atoms with Crippen molar-refractivity contribution < 1.29 is 18.0 Å². The number of carbonyl (C=O) groups excluding carboxylic acids is 1. The summed E-state index contributed by atoms with van der Waals surface area (Å²) in [6.45, 7) is 3.95. The number of aromatic nitrogens is 2. The minimum Gasteiger partial charge on any atom is -0.388 e. The van der Waals surface area contributed by atoms with E-state index in [1.807, 2.05) is 6.20 Å². The van der Waals surface area contributed by atoms with Crippen molar-refractivity contribution in [3.63, 3.8) is 0 Å². The van der Waals surface area contributed by atoms with Crippen molar-refractivity contribution in [1.29, 1.82) is 0 Å². The highest BCUT2D eigenvalue weighted by Gasteiger charge is 2.31. The number of nitrogens with zero attached hydrogens (tertiary/aromatic N) is 2. The second-order valence-corrected chi connectivity index (χ2v) is 9.40. The number of carbonyl (C=O) groups is 1. The molecule has 0 unspecified atom stereocenters. The fourth-order valence-corrected chi connectivity index (χ4v) is 4.66. The molecule has 176 valence electrons. The zero-order chi connectivity index (χ0) is 23.6. The van der Waals surface area contributed by atoms with Crippen LogP contribution >= 0.6 is 0 Å². The Bertz CT molecular complexity index is 1160. The number of benzene rings is 1. The Balaban J connectivity index is 1.71. The predicted molar refractivity (Wildman–Crippen MR) is 121 cm³/mol. The van der Waals surface area contributed by atoms with Crippen LogP contribution in [0.1, 0.15) is 68.8 Å². The smallest absolute Gasteiger partial charge is 0.266 e. The van der Waals surface area contributed by atoms with E-state index in [1.54, 1.807) is 13.0 Å². The summed E-state index contributed by atoms with van der Waals surface area (Å²) in [6.07, 6.45) is 5.95. The molecule has 1 saturated carbocycles. The van der Waals surface area contributed by atoms with Gasteiger partial charge in [0.05, 0.1) is 16.1 Å². The number of halogens is 3. The number of Topliss-reactive ketones (excluding diaryl/α,β-unsaturated/α-hetero) is 1. The first-order valence-corrected chi connectivity index (χ1v) is 11.4. The van der Waals surface area contributed by atoms with Crippen molar-refractivity contribution in [3.8, 4) is 0 Å². The number of fused-ring (bicyclic) bond motifs is 6. The lowest BCUT2D eigenvalue weighted by molar-refractivity contribution is -0.114. The minimum absolute atomic E-state index is 0.00769. The van der Waals surface area contributed by atoms with Crippen molar-refractivity contribution in [3.05, 3.63) is 51.5 Å². The van der Waals surface area contributed by atoms with Crippen LogP contribution in [0.5, 0.6) is 0 Å². The molecule has 8 heteroatoms. The summed E-state index contributed by atoms with van der Waals surface area (Å²) in [7, 11) is 0. The first kappa shape index (κ1) is 23.3. The van der Waals surface area contributed by atoms with Crippen LogP contribution in [0.4, 0.5) is 19.0 Å². The Labute approximate surface area is 191 Å². The molecule has 33 heavy (non-hydrogen) atoms. The summed E-state index contributed by atoms with van der Waals surface area (Å²) in [5.74, 6) is -0.0400. The highest BCUT2D eigenvalue weighted by molar-refractivity contribution is 6.05. The van der Waals surface area contributed by atoms with Crippen molar-refractivity contribution in [2.75, 3.05) is 5.32 Å². The van der Waals surface area contributed by atoms with Crippen LogP contribution in [-0.4, -0.2) is 21.8 Å². The van der Waals surface area contributed by atoms with E-state index in [2.05, 4.69) is 27.5 Å². The lowest BCUT2D eigenvalue weighted by Crippen LogP contribution is -2.40. The van der Waals surface area contributed by atoms with E-state index in [9.17, 15) is 18.0 Å². The summed E-state index contributed by atoms with van der Waals surface area (Å²) in [5, 5.41) is 7.63. The molecule has 2 N–H and O–H groups in total. The monoisotopic (exact) mass is 458 g/mol. The molecule has 1 fully saturated rings. The Morgan fingerprint density at radius 3 is 2.70 bits per heavy atom. The second kappa shape index (κ2) is 9.53. The van der Waals surface area contributed by atoms with Gasteiger partial charge in [-0.15, -0.1) is 0 Å². The standard InChI is InChI=1S/C25H29F3N4O/c1-15-31-21-12-18(33)8-11-25(2)9-6-17(7-10-25)29-14-20(21)24(32-15)30-13-16-4-3-5-19(22(16)26)23(27)28/h3-5,12,14,17,23,29H,6-11,13H2,1-2H3,(H,30,31,32)/b20-14-,21-12+. The van der Waals surface area contributed by atoms with E-state index >= 15 is 0 Å². The zero-order valence-electron chi connectivity index (χ0n) is 18.9. The van der Waals surface area contributed by atoms with Gasteiger partial charge in [0.15, 0.2) is 5.78 Å². The maximum atomic E-state index is 14.5. The molecule has 1 aliphatic carbocycles. The zero-order valence-corrected chi connectivity index (χ0v) is 18.9. The van der Waals surface area contributed by atoms with Gasteiger partial charge < -0.3 is 10.6 Å². The van der Waals surface area contributed by atoms with Gasteiger partial charge in [-0.2, -0.15) is 0 Å². The molecular formula is C25H29F3N4O. The van der Waals surface area contributed by atoms with Gasteiger partial charge in [0.25, 0.3) is 6.43 Å². The molecule has 0 saturated heterocycles. The molecule has 5 rings (SSSR count). The molecule has 3 aliphatic rings. The predicted octanol–water partition coefficient (Wildman–Crippen LogP) is 3.89. The van der Waals surface area contributed by atoms with Crippen LogP contribution in [0.3, 0.4) is 0 Å². The van der Waals surface area contributed by atoms with E-state index in [4.69, 9.17) is 0 Å².